The van der Waals surface area contributed by atoms with E-state index in [1.54, 1.807) is 13.8 Å². The van der Waals surface area contributed by atoms with Gasteiger partial charge >= 0.3 is 0 Å². The van der Waals surface area contributed by atoms with Crippen LogP contribution in [0.25, 0.3) is 11.3 Å². The van der Waals surface area contributed by atoms with Gasteiger partial charge in [0.1, 0.15) is 18.0 Å². The predicted octanol–water partition coefficient (Wildman–Crippen LogP) is 2.85. The number of hydrogen-bond donors (Lipinski definition) is 3. The Morgan fingerprint density at radius 3 is 2.93 bits per heavy atom. The molecule has 1 aliphatic rings. The van der Waals surface area contributed by atoms with Gasteiger partial charge in [0, 0.05) is 17.2 Å². The minimum Gasteiger partial charge on any atom is -0.491 e. The highest BCUT2D eigenvalue weighted by Gasteiger charge is 2.29. The summed E-state index contributed by atoms with van der Waals surface area (Å²) in [6, 6.07) is 5.77. The number of carbonyl (C=O) groups is 1. The summed E-state index contributed by atoms with van der Waals surface area (Å²) in [6.45, 7) is 7.92. The Morgan fingerprint density at radius 2 is 2.29 bits per heavy atom. The Morgan fingerprint density at radius 1 is 1.54 bits per heavy atom. The van der Waals surface area contributed by atoms with Gasteiger partial charge in [0.25, 0.3) is 5.91 Å². The number of nitrogens with one attached hydrogen (secondary N) is 1. The molecule has 2 aromatic rings. The molecule has 7 heteroatoms. The predicted molar refractivity (Wildman–Crippen MR) is 110 cm³/mol. The van der Waals surface area contributed by atoms with E-state index in [1.165, 1.54) is 11.3 Å². The highest BCUT2D eigenvalue weighted by atomic mass is 32.1. The number of thiazole rings is 1. The molecule has 28 heavy (non-hydrogen) atoms. The number of aromatic nitrogens is 1. The van der Waals surface area contributed by atoms with Gasteiger partial charge in [-0.05, 0) is 45.4 Å². The van der Waals surface area contributed by atoms with Crippen LogP contribution < -0.4 is 15.8 Å². The molecule has 1 amide bonds. The monoisotopic (exact) mass is 399 g/mol. The first-order chi connectivity index (χ1) is 13.2. The lowest BCUT2D eigenvalue weighted by Crippen LogP contribution is -2.32. The molecule has 0 bridgehead atoms. The number of carbonyl (C=O) groups excluding carboxylic acids is 1. The number of hydrogen-bond acceptors (Lipinski definition) is 6. The summed E-state index contributed by atoms with van der Waals surface area (Å²) in [5.41, 5.74) is 6.61. The normalized spacial score (nSPS) is 16.7. The first kappa shape index (κ1) is 20.3. The van der Waals surface area contributed by atoms with Crippen LogP contribution in [0, 0.1) is 11.8 Å². The smallest absolute Gasteiger partial charge is 0.277 e. The number of aliphatic hydroxyl groups is 1. The molecule has 2 heterocycles. The van der Waals surface area contributed by atoms with Gasteiger partial charge in [-0.15, -0.1) is 11.3 Å². The molecule has 4 N–H and O–H groups in total. The summed E-state index contributed by atoms with van der Waals surface area (Å²) in [5.74, 6) is 5.94. The minimum absolute atomic E-state index is 0.0890. The van der Waals surface area contributed by atoms with Crippen molar-refractivity contribution in [1.82, 2.24) is 10.3 Å². The number of rotatable bonds is 4. The fourth-order valence-corrected chi connectivity index (χ4v) is 3.82. The van der Waals surface area contributed by atoms with Crippen LogP contribution in [0.2, 0.25) is 0 Å². The molecule has 3 rings (SSSR count). The third kappa shape index (κ3) is 4.53. The number of nitrogens with two attached hydrogens (primary N) is 1. The molecule has 1 aliphatic heterocycles. The molecule has 0 saturated heterocycles. The molecule has 6 nitrogen and oxygen atoms in total. The average Bonchev–Trinajstić information content (AvgIpc) is 3.03. The summed E-state index contributed by atoms with van der Waals surface area (Å²) in [5, 5.41) is 13.7. The van der Waals surface area contributed by atoms with Crippen LogP contribution in [-0.4, -0.2) is 34.2 Å². The number of benzene rings is 1. The second-order valence-electron chi connectivity index (χ2n) is 7.46. The molecule has 0 radical (unpaired) electrons. The van der Waals surface area contributed by atoms with E-state index in [4.69, 9.17) is 10.5 Å². The van der Waals surface area contributed by atoms with Crippen molar-refractivity contribution in [1.29, 1.82) is 0 Å². The molecule has 148 valence electrons. The van der Waals surface area contributed by atoms with E-state index in [9.17, 15) is 9.90 Å². The summed E-state index contributed by atoms with van der Waals surface area (Å²) < 4.78 is 6.04. The zero-order valence-corrected chi connectivity index (χ0v) is 17.3. The van der Waals surface area contributed by atoms with Crippen molar-refractivity contribution in [2.45, 2.75) is 51.8 Å². The Bertz CT molecular complexity index is 950. The van der Waals surface area contributed by atoms with Gasteiger partial charge in [0.2, 0.25) is 0 Å². The van der Waals surface area contributed by atoms with Crippen molar-refractivity contribution in [3.8, 4) is 28.8 Å². The molecule has 0 saturated carbocycles. The molecule has 2 unspecified atom stereocenters. The number of nitrogens with zero attached hydrogens (tertiary/aromatic N) is 1. The fraction of sp³-hybridized carbons (Fsp3) is 0.429. The lowest BCUT2D eigenvalue weighted by atomic mass is 10.0. The first-order valence-corrected chi connectivity index (χ1v) is 10.1. The summed E-state index contributed by atoms with van der Waals surface area (Å²) >= 11 is 1.30. The van der Waals surface area contributed by atoms with Gasteiger partial charge < -0.3 is 20.9 Å². The second kappa shape index (κ2) is 7.92. The maximum atomic E-state index is 11.7. The van der Waals surface area contributed by atoms with Crippen LogP contribution in [0.15, 0.2) is 18.2 Å². The number of primary amides is 1. The first-order valence-electron chi connectivity index (χ1n) is 9.27. The van der Waals surface area contributed by atoms with Crippen molar-refractivity contribution in [3.63, 3.8) is 0 Å². The lowest BCUT2D eigenvalue weighted by Gasteiger charge is -2.20. The standard InChI is InChI=1S/C21H25N3O3S/c1-5-12(2)23-15-11-27-16-7-6-13(8-9-21(3,4)26)10-14(16)17-18(15)28-20(24-17)19(22)25/h6-7,10,12,15,23,26H,5,11H2,1-4H3,(H2,22,25). The van der Waals surface area contributed by atoms with E-state index < -0.39 is 11.5 Å². The van der Waals surface area contributed by atoms with Gasteiger partial charge in [-0.1, -0.05) is 18.8 Å². The van der Waals surface area contributed by atoms with Crippen molar-refractivity contribution in [2.24, 2.45) is 5.73 Å². The maximum absolute atomic E-state index is 11.7. The molecule has 1 aromatic heterocycles. The van der Waals surface area contributed by atoms with Crippen molar-refractivity contribution in [3.05, 3.63) is 33.6 Å². The van der Waals surface area contributed by atoms with Crippen LogP contribution in [0.3, 0.4) is 0 Å². The summed E-state index contributed by atoms with van der Waals surface area (Å²) in [6.07, 6.45) is 0.969. The zero-order valence-electron chi connectivity index (χ0n) is 16.5. The largest absolute Gasteiger partial charge is 0.491 e. The molecule has 0 aliphatic carbocycles. The maximum Gasteiger partial charge on any atom is 0.277 e. The minimum atomic E-state index is -1.08. The summed E-state index contributed by atoms with van der Waals surface area (Å²) in [4.78, 5) is 17.2. The van der Waals surface area contributed by atoms with E-state index in [-0.39, 0.29) is 17.1 Å². The van der Waals surface area contributed by atoms with Gasteiger partial charge in [0.15, 0.2) is 5.01 Å². The Balaban J connectivity index is 2.10. The number of amides is 1. The third-order valence-corrected chi connectivity index (χ3v) is 5.62. The molecule has 0 spiro atoms. The van der Waals surface area contributed by atoms with Crippen molar-refractivity contribution < 1.29 is 14.6 Å². The quantitative estimate of drug-likeness (QED) is 0.687. The fourth-order valence-electron chi connectivity index (χ4n) is 2.84. The SMILES string of the molecule is CCC(C)NC1COc2ccc(C#CC(C)(C)O)cc2-c2nc(C(N)=O)sc21. The molecule has 2 atom stereocenters. The van der Waals surface area contributed by atoms with Crippen LogP contribution in [0.1, 0.15) is 60.4 Å². The molecular formula is C21H25N3O3S. The Labute approximate surface area is 169 Å². The van der Waals surface area contributed by atoms with Crippen LogP contribution in [0.4, 0.5) is 0 Å². The van der Waals surface area contributed by atoms with Gasteiger partial charge in [-0.3, -0.25) is 4.79 Å². The van der Waals surface area contributed by atoms with Gasteiger partial charge in [-0.2, -0.15) is 0 Å². The van der Waals surface area contributed by atoms with E-state index in [0.717, 1.165) is 22.4 Å². The van der Waals surface area contributed by atoms with Gasteiger partial charge in [0.05, 0.1) is 16.6 Å². The molecule has 1 aromatic carbocycles. The van der Waals surface area contributed by atoms with Crippen LogP contribution >= 0.6 is 11.3 Å². The van der Waals surface area contributed by atoms with E-state index in [0.29, 0.717) is 18.1 Å². The van der Waals surface area contributed by atoms with Crippen LogP contribution in [-0.2, 0) is 0 Å². The van der Waals surface area contributed by atoms with E-state index in [1.807, 2.05) is 18.2 Å². The second-order valence-corrected chi connectivity index (χ2v) is 8.49. The third-order valence-electron chi connectivity index (χ3n) is 4.43. The van der Waals surface area contributed by atoms with Gasteiger partial charge in [-0.25, -0.2) is 4.98 Å². The van der Waals surface area contributed by atoms with Crippen LogP contribution in [0.5, 0.6) is 5.75 Å². The molecular weight excluding hydrogens is 374 g/mol. The van der Waals surface area contributed by atoms with E-state index >= 15 is 0 Å². The highest BCUT2D eigenvalue weighted by Crippen LogP contribution is 2.41. The van der Waals surface area contributed by atoms with Crippen molar-refractivity contribution in [2.75, 3.05) is 6.61 Å². The Hall–Kier alpha value is -2.40. The number of fused-ring (bicyclic) bond motifs is 3. The van der Waals surface area contributed by atoms with Crippen molar-refractivity contribution >= 4 is 17.2 Å². The number of ether oxygens (including phenoxy) is 1. The highest BCUT2D eigenvalue weighted by molar-refractivity contribution is 7.14. The Kier molecular flexibility index (Phi) is 5.75. The van der Waals surface area contributed by atoms with E-state index in [2.05, 4.69) is 36.0 Å². The average molecular weight is 400 g/mol. The lowest BCUT2D eigenvalue weighted by molar-refractivity contribution is 0.1000. The molecule has 0 fully saturated rings. The summed E-state index contributed by atoms with van der Waals surface area (Å²) in [7, 11) is 0. The topological polar surface area (TPSA) is 97.5 Å². The zero-order chi connectivity index (χ0) is 20.5.